The number of benzene rings is 2. The monoisotopic (exact) mass is 337 g/mol. The number of amides is 1. The maximum atomic E-state index is 13.4. The van der Waals surface area contributed by atoms with Crippen LogP contribution in [0.25, 0.3) is 0 Å². The average Bonchev–Trinajstić information content (AvgIpc) is 2.42. The third-order valence-electron chi connectivity index (χ3n) is 2.68. The minimum Gasteiger partial charge on any atom is -0.380 e. The maximum Gasteiger partial charge on any atom is 0.255 e. The Morgan fingerprint density at radius 2 is 2.10 bits per heavy atom. The second-order valence-electron chi connectivity index (χ2n) is 4.22. The van der Waals surface area contributed by atoms with Crippen molar-refractivity contribution < 1.29 is 13.9 Å². The van der Waals surface area contributed by atoms with Crippen molar-refractivity contribution in [1.82, 2.24) is 0 Å². The molecule has 2 aromatic rings. The summed E-state index contributed by atoms with van der Waals surface area (Å²) in [5, 5.41) is 2.73. The minimum atomic E-state index is -0.467. The van der Waals surface area contributed by atoms with Gasteiger partial charge >= 0.3 is 0 Å². The topological polar surface area (TPSA) is 38.3 Å². The highest BCUT2D eigenvalue weighted by Gasteiger charge is 2.09. The second-order valence-corrected chi connectivity index (χ2v) is 5.07. The van der Waals surface area contributed by atoms with Crippen LogP contribution in [-0.4, -0.2) is 13.0 Å². The van der Waals surface area contributed by atoms with Crippen molar-refractivity contribution in [3.8, 4) is 0 Å². The highest BCUT2D eigenvalue weighted by Crippen LogP contribution is 2.18. The lowest BCUT2D eigenvalue weighted by atomic mass is 10.2. The molecule has 1 N–H and O–H groups in total. The lowest BCUT2D eigenvalue weighted by molar-refractivity contribution is 0.102. The van der Waals surface area contributed by atoms with Crippen molar-refractivity contribution in [3.63, 3.8) is 0 Å². The highest BCUT2D eigenvalue weighted by atomic mass is 79.9. The van der Waals surface area contributed by atoms with Gasteiger partial charge in [-0.25, -0.2) is 4.39 Å². The molecule has 0 aliphatic rings. The first-order valence-corrected chi connectivity index (χ1v) is 6.73. The molecular weight excluding hydrogens is 325 g/mol. The van der Waals surface area contributed by atoms with Gasteiger partial charge in [0.05, 0.1) is 11.1 Å². The van der Waals surface area contributed by atoms with Gasteiger partial charge in [-0.3, -0.25) is 4.79 Å². The Hall–Kier alpha value is -1.72. The zero-order chi connectivity index (χ0) is 14.5. The molecule has 5 heteroatoms. The number of nitrogens with one attached hydrogen (secondary N) is 1. The Balaban J connectivity index is 2.14. The zero-order valence-electron chi connectivity index (χ0n) is 10.8. The molecule has 2 aromatic carbocycles. The molecule has 0 radical (unpaired) electrons. The Morgan fingerprint density at radius 3 is 2.80 bits per heavy atom. The van der Waals surface area contributed by atoms with Crippen molar-refractivity contribution in [2.75, 3.05) is 12.4 Å². The second kappa shape index (κ2) is 6.63. The number of halogens is 2. The molecule has 3 nitrogen and oxygen atoms in total. The van der Waals surface area contributed by atoms with E-state index < -0.39 is 5.82 Å². The predicted octanol–water partition coefficient (Wildman–Crippen LogP) is 3.99. The van der Waals surface area contributed by atoms with Crippen LogP contribution in [0.4, 0.5) is 10.1 Å². The van der Waals surface area contributed by atoms with Gasteiger partial charge in [0.1, 0.15) is 5.82 Å². The summed E-state index contributed by atoms with van der Waals surface area (Å²) < 4.78 is 18.8. The van der Waals surface area contributed by atoms with Gasteiger partial charge in [-0.1, -0.05) is 12.1 Å². The van der Waals surface area contributed by atoms with Crippen LogP contribution in [0.15, 0.2) is 46.9 Å². The smallest absolute Gasteiger partial charge is 0.255 e. The van der Waals surface area contributed by atoms with Crippen molar-refractivity contribution >= 4 is 27.5 Å². The first-order valence-electron chi connectivity index (χ1n) is 5.94. The van der Waals surface area contributed by atoms with Crippen LogP contribution in [0.5, 0.6) is 0 Å². The Labute approximate surface area is 124 Å². The van der Waals surface area contributed by atoms with Crippen LogP contribution in [0.1, 0.15) is 15.9 Å². The van der Waals surface area contributed by atoms with Crippen LogP contribution in [0, 0.1) is 5.82 Å². The molecule has 0 aliphatic heterocycles. The largest absolute Gasteiger partial charge is 0.380 e. The first kappa shape index (κ1) is 14.7. The van der Waals surface area contributed by atoms with Crippen LogP contribution in [0.2, 0.25) is 0 Å². The third kappa shape index (κ3) is 3.65. The number of carbonyl (C=O) groups is 1. The van der Waals surface area contributed by atoms with Crippen LogP contribution in [-0.2, 0) is 11.3 Å². The molecule has 0 saturated carbocycles. The van der Waals surface area contributed by atoms with E-state index in [2.05, 4.69) is 21.2 Å². The number of hydrogen-bond acceptors (Lipinski definition) is 2. The fourth-order valence-corrected chi connectivity index (χ4v) is 1.99. The molecule has 104 valence electrons. The molecule has 0 saturated heterocycles. The molecule has 0 fully saturated rings. The van der Waals surface area contributed by atoms with Gasteiger partial charge in [0.15, 0.2) is 0 Å². The maximum absolute atomic E-state index is 13.4. The Bertz CT molecular complexity index is 631. The van der Waals surface area contributed by atoms with E-state index in [1.54, 1.807) is 19.2 Å². The van der Waals surface area contributed by atoms with Crippen molar-refractivity contribution in [2.45, 2.75) is 6.61 Å². The van der Waals surface area contributed by atoms with E-state index in [9.17, 15) is 9.18 Å². The van der Waals surface area contributed by atoms with Gasteiger partial charge in [0.25, 0.3) is 5.91 Å². The van der Waals surface area contributed by atoms with Gasteiger partial charge in [-0.15, -0.1) is 0 Å². The zero-order valence-corrected chi connectivity index (χ0v) is 12.4. The van der Waals surface area contributed by atoms with E-state index in [1.165, 1.54) is 12.1 Å². The summed E-state index contributed by atoms with van der Waals surface area (Å²) in [6, 6.07) is 11.6. The number of methoxy groups -OCH3 is 1. The summed E-state index contributed by atoms with van der Waals surface area (Å²) in [6.45, 7) is 0.469. The highest BCUT2D eigenvalue weighted by molar-refractivity contribution is 9.10. The fraction of sp³-hybridized carbons (Fsp3) is 0.133. The van der Waals surface area contributed by atoms with Crippen molar-refractivity contribution in [3.05, 3.63) is 63.9 Å². The van der Waals surface area contributed by atoms with E-state index >= 15 is 0 Å². The molecule has 0 bridgehead atoms. The lowest BCUT2D eigenvalue weighted by Gasteiger charge is -2.07. The van der Waals surface area contributed by atoms with Gasteiger partial charge in [0.2, 0.25) is 0 Å². The van der Waals surface area contributed by atoms with Crippen LogP contribution >= 0.6 is 15.9 Å². The average molecular weight is 338 g/mol. The molecule has 0 aromatic heterocycles. The summed E-state index contributed by atoms with van der Waals surface area (Å²) in [6.07, 6.45) is 0. The normalized spacial score (nSPS) is 10.3. The molecule has 0 heterocycles. The number of hydrogen-bond donors (Lipinski definition) is 1. The van der Waals surface area contributed by atoms with Gasteiger partial charge in [-0.2, -0.15) is 0 Å². The molecule has 1 amide bonds. The summed E-state index contributed by atoms with van der Waals surface area (Å²) in [7, 11) is 1.61. The molecule has 0 unspecified atom stereocenters. The molecule has 2 rings (SSSR count). The number of rotatable bonds is 4. The van der Waals surface area contributed by atoms with E-state index in [0.717, 1.165) is 5.56 Å². The molecule has 0 aliphatic carbocycles. The number of ether oxygens (including phenoxy) is 1. The Morgan fingerprint density at radius 1 is 1.30 bits per heavy atom. The van der Waals surface area contributed by atoms with Crippen molar-refractivity contribution in [1.29, 1.82) is 0 Å². The molecular formula is C15H13BrFNO2. The predicted molar refractivity (Wildman–Crippen MR) is 79.2 cm³/mol. The lowest BCUT2D eigenvalue weighted by Crippen LogP contribution is -2.12. The third-order valence-corrected chi connectivity index (χ3v) is 3.32. The van der Waals surface area contributed by atoms with Gasteiger partial charge in [-0.05, 0) is 51.8 Å². The van der Waals surface area contributed by atoms with E-state index in [1.807, 2.05) is 18.2 Å². The SMILES string of the molecule is COCc1cccc(NC(=O)c2ccc(Br)c(F)c2)c1. The number of carbonyl (C=O) groups excluding carboxylic acids is 1. The summed E-state index contributed by atoms with van der Waals surface area (Å²) in [5.74, 6) is -0.822. The van der Waals surface area contributed by atoms with Gasteiger partial charge < -0.3 is 10.1 Å². The molecule has 0 spiro atoms. The summed E-state index contributed by atoms with van der Waals surface area (Å²) in [4.78, 5) is 12.0. The van der Waals surface area contributed by atoms with Crippen LogP contribution in [0.3, 0.4) is 0 Å². The Kier molecular flexibility index (Phi) is 4.87. The first-order chi connectivity index (χ1) is 9.60. The van der Waals surface area contributed by atoms with E-state index in [0.29, 0.717) is 16.8 Å². The summed E-state index contributed by atoms with van der Waals surface area (Å²) >= 11 is 3.05. The van der Waals surface area contributed by atoms with E-state index in [4.69, 9.17) is 4.74 Å². The molecule has 0 atom stereocenters. The fourth-order valence-electron chi connectivity index (χ4n) is 1.75. The minimum absolute atomic E-state index is 0.267. The van der Waals surface area contributed by atoms with E-state index in [-0.39, 0.29) is 11.5 Å². The molecule has 20 heavy (non-hydrogen) atoms. The van der Waals surface area contributed by atoms with Gasteiger partial charge in [0, 0.05) is 18.4 Å². The quantitative estimate of drug-likeness (QED) is 0.916. The van der Waals surface area contributed by atoms with Crippen molar-refractivity contribution in [2.24, 2.45) is 0 Å². The number of anilines is 1. The summed E-state index contributed by atoms with van der Waals surface area (Å²) in [5.41, 5.74) is 1.86. The van der Waals surface area contributed by atoms with Crippen LogP contribution < -0.4 is 5.32 Å². The standard InChI is InChI=1S/C15H13BrFNO2/c1-20-9-10-3-2-4-12(7-10)18-15(19)11-5-6-13(16)14(17)8-11/h2-8H,9H2,1H3,(H,18,19).